The monoisotopic (exact) mass is 244 g/mol. The Morgan fingerprint density at radius 3 is 2.11 bits per heavy atom. The first-order valence-corrected chi connectivity index (χ1v) is 7.35. The Morgan fingerprint density at radius 1 is 0.944 bits per heavy atom. The molecule has 2 saturated carbocycles. The van der Waals surface area contributed by atoms with Gasteiger partial charge in [-0.25, -0.2) is 0 Å². The number of benzene rings is 1. The molecule has 0 spiro atoms. The minimum absolute atomic E-state index is 0.225. The zero-order chi connectivity index (χ0) is 12.9. The Hall–Kier alpha value is -0.820. The third-order valence-electron chi connectivity index (χ3n) is 5.29. The van der Waals surface area contributed by atoms with Crippen molar-refractivity contribution < 1.29 is 5.11 Å². The summed E-state index contributed by atoms with van der Waals surface area (Å²) < 4.78 is 0. The molecular formula is C17H24O. The molecular weight excluding hydrogens is 220 g/mol. The lowest BCUT2D eigenvalue weighted by molar-refractivity contribution is 0.141. The number of hydrogen-bond acceptors (Lipinski definition) is 1. The van der Waals surface area contributed by atoms with E-state index in [-0.39, 0.29) is 6.10 Å². The maximum absolute atomic E-state index is 10.7. The lowest BCUT2D eigenvalue weighted by atomic mass is 9.94. The number of aliphatic hydroxyl groups is 1. The Balaban J connectivity index is 1.85. The third-order valence-corrected chi connectivity index (χ3v) is 5.29. The molecule has 1 heteroatoms. The SMILES string of the molecule is Cc1cc(C)c(C(O)C2C3CCCCC32)cc1C. The first kappa shape index (κ1) is 12.2. The van der Waals surface area contributed by atoms with E-state index in [4.69, 9.17) is 0 Å². The van der Waals surface area contributed by atoms with Crippen LogP contribution in [-0.4, -0.2) is 5.11 Å². The van der Waals surface area contributed by atoms with E-state index >= 15 is 0 Å². The maximum atomic E-state index is 10.7. The lowest BCUT2D eigenvalue weighted by Gasteiger charge is -2.16. The van der Waals surface area contributed by atoms with Crippen molar-refractivity contribution in [3.05, 3.63) is 34.4 Å². The van der Waals surface area contributed by atoms with Crippen LogP contribution in [0.3, 0.4) is 0 Å². The van der Waals surface area contributed by atoms with Gasteiger partial charge in [0.2, 0.25) is 0 Å². The average molecular weight is 244 g/mol. The Kier molecular flexibility index (Phi) is 2.97. The van der Waals surface area contributed by atoms with E-state index in [1.54, 1.807) is 0 Å². The molecule has 3 rings (SSSR count). The van der Waals surface area contributed by atoms with Crippen LogP contribution in [0.1, 0.15) is 54.0 Å². The molecule has 1 aromatic carbocycles. The molecule has 0 saturated heterocycles. The van der Waals surface area contributed by atoms with Gasteiger partial charge in [0.05, 0.1) is 6.10 Å². The van der Waals surface area contributed by atoms with Gasteiger partial charge in [0, 0.05) is 0 Å². The summed E-state index contributed by atoms with van der Waals surface area (Å²) in [6, 6.07) is 4.43. The molecule has 2 fully saturated rings. The van der Waals surface area contributed by atoms with Crippen molar-refractivity contribution in [3.8, 4) is 0 Å². The highest BCUT2D eigenvalue weighted by atomic mass is 16.3. The summed E-state index contributed by atoms with van der Waals surface area (Å²) in [6.45, 7) is 6.43. The second kappa shape index (κ2) is 4.38. The summed E-state index contributed by atoms with van der Waals surface area (Å²) >= 11 is 0. The molecule has 98 valence electrons. The molecule has 0 bridgehead atoms. The van der Waals surface area contributed by atoms with E-state index in [0.717, 1.165) is 11.8 Å². The van der Waals surface area contributed by atoms with Gasteiger partial charge in [-0.1, -0.05) is 25.0 Å². The van der Waals surface area contributed by atoms with Crippen molar-refractivity contribution in [3.63, 3.8) is 0 Å². The van der Waals surface area contributed by atoms with Crippen LogP contribution in [0, 0.1) is 38.5 Å². The van der Waals surface area contributed by atoms with Gasteiger partial charge < -0.3 is 5.11 Å². The van der Waals surface area contributed by atoms with E-state index in [2.05, 4.69) is 32.9 Å². The molecule has 0 radical (unpaired) electrons. The number of aliphatic hydroxyl groups excluding tert-OH is 1. The molecule has 3 unspecified atom stereocenters. The average Bonchev–Trinajstić information content (AvgIpc) is 3.07. The van der Waals surface area contributed by atoms with Gasteiger partial charge in [-0.2, -0.15) is 0 Å². The van der Waals surface area contributed by atoms with E-state index < -0.39 is 0 Å². The fourth-order valence-electron chi connectivity index (χ4n) is 4.02. The summed E-state index contributed by atoms with van der Waals surface area (Å²) in [5.74, 6) is 2.18. The number of fused-ring (bicyclic) bond motifs is 1. The van der Waals surface area contributed by atoms with Crippen molar-refractivity contribution in [2.45, 2.75) is 52.6 Å². The number of aryl methyl sites for hydroxylation is 3. The van der Waals surface area contributed by atoms with Crippen LogP contribution < -0.4 is 0 Å². The first-order chi connectivity index (χ1) is 8.59. The molecule has 3 atom stereocenters. The van der Waals surface area contributed by atoms with E-state index in [1.165, 1.54) is 47.9 Å². The zero-order valence-corrected chi connectivity index (χ0v) is 11.7. The first-order valence-electron chi connectivity index (χ1n) is 7.35. The topological polar surface area (TPSA) is 20.2 Å². The van der Waals surface area contributed by atoms with Crippen LogP contribution in [0.5, 0.6) is 0 Å². The Morgan fingerprint density at radius 2 is 1.50 bits per heavy atom. The second-order valence-corrected chi connectivity index (χ2v) is 6.43. The van der Waals surface area contributed by atoms with Gasteiger partial charge in [-0.15, -0.1) is 0 Å². The minimum Gasteiger partial charge on any atom is -0.388 e. The highest BCUT2D eigenvalue weighted by Gasteiger charge is 2.54. The highest BCUT2D eigenvalue weighted by Crippen LogP contribution is 2.60. The Labute approximate surface area is 110 Å². The van der Waals surface area contributed by atoms with Crippen molar-refractivity contribution in [1.82, 2.24) is 0 Å². The molecule has 2 aliphatic rings. The van der Waals surface area contributed by atoms with E-state index in [1.807, 2.05) is 0 Å². The maximum Gasteiger partial charge on any atom is 0.0826 e. The van der Waals surface area contributed by atoms with Gasteiger partial charge in [-0.05, 0) is 73.6 Å². The molecule has 18 heavy (non-hydrogen) atoms. The molecule has 1 aromatic rings. The van der Waals surface area contributed by atoms with Crippen LogP contribution in [0.4, 0.5) is 0 Å². The predicted octanol–water partition coefficient (Wildman–Crippen LogP) is 4.08. The smallest absolute Gasteiger partial charge is 0.0826 e. The van der Waals surface area contributed by atoms with Crippen LogP contribution >= 0.6 is 0 Å². The van der Waals surface area contributed by atoms with Crippen molar-refractivity contribution in [2.24, 2.45) is 17.8 Å². The molecule has 0 aromatic heterocycles. The van der Waals surface area contributed by atoms with Crippen molar-refractivity contribution in [2.75, 3.05) is 0 Å². The molecule has 2 aliphatic carbocycles. The summed E-state index contributed by atoms with van der Waals surface area (Å²) in [4.78, 5) is 0. The van der Waals surface area contributed by atoms with E-state index in [9.17, 15) is 5.11 Å². The normalized spacial score (nSPS) is 31.9. The fraction of sp³-hybridized carbons (Fsp3) is 0.647. The standard InChI is InChI=1S/C17H24O/c1-10-8-12(3)15(9-11(10)2)17(18)16-13-6-4-5-7-14(13)16/h8-9,13-14,16-18H,4-7H2,1-3H3. The van der Waals surface area contributed by atoms with Crippen molar-refractivity contribution >= 4 is 0 Å². The van der Waals surface area contributed by atoms with E-state index in [0.29, 0.717) is 5.92 Å². The number of rotatable bonds is 2. The third kappa shape index (κ3) is 1.89. The fourth-order valence-corrected chi connectivity index (χ4v) is 4.02. The number of hydrogen-bond donors (Lipinski definition) is 1. The molecule has 1 N–H and O–H groups in total. The van der Waals surface area contributed by atoms with Crippen LogP contribution in [0.2, 0.25) is 0 Å². The largest absolute Gasteiger partial charge is 0.388 e. The summed E-state index contributed by atoms with van der Waals surface area (Å²) in [5.41, 5.74) is 5.07. The van der Waals surface area contributed by atoms with Gasteiger partial charge >= 0.3 is 0 Å². The van der Waals surface area contributed by atoms with Crippen LogP contribution in [0.25, 0.3) is 0 Å². The minimum atomic E-state index is -0.225. The molecule has 0 heterocycles. The van der Waals surface area contributed by atoms with Crippen LogP contribution in [-0.2, 0) is 0 Å². The summed E-state index contributed by atoms with van der Waals surface area (Å²) in [7, 11) is 0. The van der Waals surface area contributed by atoms with Gasteiger partial charge in [0.25, 0.3) is 0 Å². The van der Waals surface area contributed by atoms with Gasteiger partial charge in [0.15, 0.2) is 0 Å². The predicted molar refractivity (Wildman–Crippen MR) is 74.6 cm³/mol. The van der Waals surface area contributed by atoms with Crippen LogP contribution in [0.15, 0.2) is 12.1 Å². The quantitative estimate of drug-likeness (QED) is 0.831. The summed E-state index contributed by atoms with van der Waals surface area (Å²) in [5, 5.41) is 10.7. The highest BCUT2D eigenvalue weighted by molar-refractivity contribution is 5.38. The zero-order valence-electron chi connectivity index (χ0n) is 11.7. The lowest BCUT2D eigenvalue weighted by Crippen LogP contribution is -2.05. The molecule has 1 nitrogen and oxygen atoms in total. The molecule has 0 amide bonds. The summed E-state index contributed by atoms with van der Waals surface area (Å²) in [6.07, 6.45) is 5.21. The molecule has 0 aliphatic heterocycles. The van der Waals surface area contributed by atoms with Gasteiger partial charge in [0.1, 0.15) is 0 Å². The van der Waals surface area contributed by atoms with Gasteiger partial charge in [-0.3, -0.25) is 0 Å². The Bertz CT molecular complexity index is 451. The second-order valence-electron chi connectivity index (χ2n) is 6.43. The van der Waals surface area contributed by atoms with Crippen molar-refractivity contribution in [1.29, 1.82) is 0 Å².